The van der Waals surface area contributed by atoms with Crippen LogP contribution in [0.4, 0.5) is 0 Å². The van der Waals surface area contributed by atoms with E-state index >= 15 is 0 Å². The van der Waals surface area contributed by atoms with E-state index in [9.17, 15) is 0 Å². The summed E-state index contributed by atoms with van der Waals surface area (Å²) in [5.41, 5.74) is 19.9. The van der Waals surface area contributed by atoms with Crippen LogP contribution in [-0.4, -0.2) is 15.8 Å². The van der Waals surface area contributed by atoms with E-state index in [0.29, 0.717) is 0 Å². The minimum absolute atomic E-state index is 0.0982. The second-order valence-corrected chi connectivity index (χ2v) is 16.9. The maximum atomic E-state index is 2.63. The van der Waals surface area contributed by atoms with Crippen molar-refractivity contribution in [3.05, 3.63) is 175 Å². The Hall–Kier alpha value is -6.84. The molecule has 9 aromatic carbocycles. The molecule has 1 aliphatic carbocycles. The molecule has 14 rings (SSSR count). The fourth-order valence-corrected chi connectivity index (χ4v) is 11.5. The highest BCUT2D eigenvalue weighted by molar-refractivity contribution is 7.00. The summed E-state index contributed by atoms with van der Waals surface area (Å²) < 4.78 is 5.25. The number of fused-ring (bicyclic) bond motifs is 15. The number of aromatic nitrogens is 2. The first-order chi connectivity index (χ1) is 27.5. The molecule has 0 unspecified atom stereocenters. The number of hydrogen-bond donors (Lipinski definition) is 0. The molecule has 56 heavy (non-hydrogen) atoms. The van der Waals surface area contributed by atoms with E-state index in [1.54, 1.807) is 0 Å². The van der Waals surface area contributed by atoms with Crippen molar-refractivity contribution in [1.82, 2.24) is 9.13 Å². The van der Waals surface area contributed by atoms with Gasteiger partial charge in [-0.15, -0.1) is 0 Å². The summed E-state index contributed by atoms with van der Waals surface area (Å²) in [4.78, 5) is 0. The Morgan fingerprint density at radius 3 is 1.50 bits per heavy atom. The van der Waals surface area contributed by atoms with Crippen molar-refractivity contribution in [3.8, 4) is 33.6 Å². The standard InChI is InChI=1S/C53H33BN2/c1-53(2)42-21-8-7-16-36(42)37-18-9-17-35(49(37)53)34-28-47-50-48(29-34)56-46-27-33-15-6-4-13-31(33)25-41(46)39-20-11-23-44(52(39)56)54(50)43-22-10-19-38-40-24-30-12-3-5-14-32(30)26-45(40)55(47)51(38)43/h3-29H,1-2H3. The van der Waals surface area contributed by atoms with Crippen molar-refractivity contribution < 1.29 is 0 Å². The van der Waals surface area contributed by atoms with Crippen LogP contribution in [0.2, 0.25) is 0 Å². The minimum Gasteiger partial charge on any atom is -0.310 e. The van der Waals surface area contributed by atoms with Crippen LogP contribution in [0.5, 0.6) is 0 Å². The zero-order valence-corrected chi connectivity index (χ0v) is 31.1. The van der Waals surface area contributed by atoms with Crippen LogP contribution in [0.25, 0.3) is 98.8 Å². The smallest absolute Gasteiger partial charge is 0.252 e. The lowest BCUT2D eigenvalue weighted by molar-refractivity contribution is 0.662. The number of benzene rings is 9. The average molecular weight is 709 g/mol. The molecule has 0 saturated heterocycles. The van der Waals surface area contributed by atoms with E-state index in [1.165, 1.54) is 126 Å². The molecule has 258 valence electrons. The van der Waals surface area contributed by atoms with E-state index in [2.05, 4.69) is 187 Å². The van der Waals surface area contributed by atoms with E-state index in [0.717, 1.165) is 0 Å². The molecule has 0 radical (unpaired) electrons. The largest absolute Gasteiger partial charge is 0.310 e. The summed E-state index contributed by atoms with van der Waals surface area (Å²) in [6.07, 6.45) is 0. The molecule has 3 heteroatoms. The molecule has 2 aromatic heterocycles. The highest BCUT2D eigenvalue weighted by Gasteiger charge is 2.42. The Labute approximate surface area is 323 Å². The van der Waals surface area contributed by atoms with Gasteiger partial charge in [-0.2, -0.15) is 0 Å². The molecule has 0 amide bonds. The van der Waals surface area contributed by atoms with E-state index in [-0.39, 0.29) is 12.1 Å². The number of rotatable bonds is 1. The maximum Gasteiger partial charge on any atom is 0.252 e. The summed E-state index contributed by atoms with van der Waals surface area (Å²) >= 11 is 0. The van der Waals surface area contributed by atoms with Crippen LogP contribution in [0.1, 0.15) is 25.0 Å². The van der Waals surface area contributed by atoms with Crippen LogP contribution in [0.3, 0.4) is 0 Å². The lowest BCUT2D eigenvalue weighted by Gasteiger charge is -2.34. The van der Waals surface area contributed by atoms with Crippen LogP contribution < -0.4 is 16.4 Å². The Bertz CT molecular complexity index is 3450. The fourth-order valence-electron chi connectivity index (χ4n) is 11.5. The van der Waals surface area contributed by atoms with Gasteiger partial charge in [-0.05, 0) is 108 Å². The summed E-state index contributed by atoms with van der Waals surface area (Å²) in [5, 5.41) is 10.4. The van der Waals surface area contributed by atoms with E-state index in [1.807, 2.05) is 0 Å². The normalized spacial score (nSPS) is 14.4. The van der Waals surface area contributed by atoms with Gasteiger partial charge >= 0.3 is 0 Å². The first-order valence-corrected chi connectivity index (χ1v) is 19.9. The van der Waals surface area contributed by atoms with Gasteiger partial charge in [0.2, 0.25) is 0 Å². The van der Waals surface area contributed by atoms with Gasteiger partial charge in [0.05, 0.1) is 11.0 Å². The number of nitrogens with zero attached hydrogens (tertiary/aromatic N) is 2. The molecular formula is C53H33BN2. The topological polar surface area (TPSA) is 9.86 Å². The third kappa shape index (κ3) is 3.39. The van der Waals surface area contributed by atoms with Gasteiger partial charge in [-0.3, -0.25) is 0 Å². The molecule has 3 aliphatic rings. The monoisotopic (exact) mass is 708 g/mol. The van der Waals surface area contributed by atoms with Gasteiger partial charge in [-0.25, -0.2) is 0 Å². The van der Waals surface area contributed by atoms with Crippen molar-refractivity contribution in [1.29, 1.82) is 0 Å². The SMILES string of the molecule is CC1(C)c2ccccc2-c2cccc(-c3cc4c5c(c3)-n3c6cc7ccccc7cc6c6cccc(c63)B5c3cccc5c6cc7ccccc7cc6n-4c35)c21. The lowest BCUT2D eigenvalue weighted by Crippen LogP contribution is -2.59. The van der Waals surface area contributed by atoms with Crippen molar-refractivity contribution >= 4 is 88.3 Å². The van der Waals surface area contributed by atoms with Crippen LogP contribution in [0, 0.1) is 0 Å². The first kappa shape index (κ1) is 29.5. The van der Waals surface area contributed by atoms with Gasteiger partial charge in [-0.1, -0.05) is 141 Å². The third-order valence-electron chi connectivity index (χ3n) is 13.8. The zero-order chi connectivity index (χ0) is 36.6. The molecule has 11 aromatic rings. The van der Waals surface area contributed by atoms with Crippen LogP contribution in [0.15, 0.2) is 164 Å². The highest BCUT2D eigenvalue weighted by Crippen LogP contribution is 2.53. The highest BCUT2D eigenvalue weighted by atomic mass is 15.0. The Morgan fingerprint density at radius 2 is 0.911 bits per heavy atom. The maximum absolute atomic E-state index is 2.63. The predicted molar refractivity (Wildman–Crippen MR) is 238 cm³/mol. The van der Waals surface area contributed by atoms with Gasteiger partial charge < -0.3 is 9.13 Å². The average Bonchev–Trinajstić information content (AvgIpc) is 3.82. The van der Waals surface area contributed by atoms with Crippen molar-refractivity contribution in [3.63, 3.8) is 0 Å². The van der Waals surface area contributed by atoms with Crippen molar-refractivity contribution in [2.75, 3.05) is 0 Å². The first-order valence-electron chi connectivity index (χ1n) is 19.9. The van der Waals surface area contributed by atoms with Gasteiger partial charge in [0.15, 0.2) is 0 Å². The lowest BCUT2D eigenvalue weighted by atomic mass is 9.34. The van der Waals surface area contributed by atoms with Crippen LogP contribution >= 0.6 is 0 Å². The van der Waals surface area contributed by atoms with Gasteiger partial charge in [0.25, 0.3) is 6.71 Å². The summed E-state index contributed by atoms with van der Waals surface area (Å²) in [6.45, 7) is 4.92. The zero-order valence-electron chi connectivity index (χ0n) is 31.1. The molecule has 0 bridgehead atoms. The number of hydrogen-bond acceptors (Lipinski definition) is 0. The third-order valence-corrected chi connectivity index (χ3v) is 13.8. The second kappa shape index (κ2) is 9.87. The van der Waals surface area contributed by atoms with E-state index < -0.39 is 0 Å². The Morgan fingerprint density at radius 1 is 0.429 bits per heavy atom. The predicted octanol–water partition coefficient (Wildman–Crippen LogP) is 11.3. The van der Waals surface area contributed by atoms with Gasteiger partial charge in [0.1, 0.15) is 0 Å². The summed E-state index contributed by atoms with van der Waals surface area (Å²) in [6, 6.07) is 62.5. The molecule has 2 aliphatic heterocycles. The summed E-state index contributed by atoms with van der Waals surface area (Å²) in [5.74, 6) is 0. The molecule has 4 heterocycles. The van der Waals surface area contributed by atoms with Gasteiger partial charge in [0, 0.05) is 49.4 Å². The molecule has 0 atom stereocenters. The van der Waals surface area contributed by atoms with Crippen LogP contribution in [-0.2, 0) is 5.41 Å². The molecule has 0 saturated carbocycles. The van der Waals surface area contributed by atoms with Crippen molar-refractivity contribution in [2.24, 2.45) is 0 Å². The molecule has 0 spiro atoms. The quantitative estimate of drug-likeness (QED) is 0.150. The Balaban J connectivity index is 1.19. The molecular weight excluding hydrogens is 675 g/mol. The fraction of sp³-hybridized carbons (Fsp3) is 0.0566. The molecule has 0 N–H and O–H groups in total. The number of para-hydroxylation sites is 2. The van der Waals surface area contributed by atoms with E-state index in [4.69, 9.17) is 0 Å². The second-order valence-electron chi connectivity index (χ2n) is 16.9. The van der Waals surface area contributed by atoms with Crippen molar-refractivity contribution in [2.45, 2.75) is 19.3 Å². The minimum atomic E-state index is -0.143. The Kier molecular flexibility index (Phi) is 5.20. The molecule has 2 nitrogen and oxygen atoms in total. The summed E-state index contributed by atoms with van der Waals surface area (Å²) in [7, 11) is 0. The molecule has 0 fully saturated rings.